The molecule has 0 unspecified atom stereocenters. The molecular weight excluding hydrogens is 234 g/mol. The predicted molar refractivity (Wildman–Crippen MR) is 50.3 cm³/mol. The largest absolute Gasteiger partial charge is 0.361 e. The monoisotopic (exact) mass is 241 g/mol. The Kier molecular flexibility index (Phi) is 2.18. The highest BCUT2D eigenvalue weighted by atomic mass is 79.9. The van der Waals surface area contributed by atoms with Gasteiger partial charge in [-0.25, -0.2) is 0 Å². The molecule has 2 aromatic rings. The van der Waals surface area contributed by atoms with E-state index in [1.54, 1.807) is 12.4 Å². The molecule has 2 rings (SSSR count). The maximum absolute atomic E-state index is 4.94. The van der Waals surface area contributed by atoms with E-state index in [0.29, 0.717) is 6.54 Å². The second kappa shape index (κ2) is 3.33. The van der Waals surface area contributed by atoms with Gasteiger partial charge in [-0.15, -0.1) is 0 Å². The molecule has 0 fully saturated rings. The van der Waals surface area contributed by atoms with Crippen molar-refractivity contribution in [1.29, 1.82) is 0 Å². The molecule has 0 atom stereocenters. The summed E-state index contributed by atoms with van der Waals surface area (Å²) >= 11 is 3.33. The van der Waals surface area contributed by atoms with Gasteiger partial charge < -0.3 is 4.52 Å². The number of aryl methyl sites for hydroxylation is 1. The summed E-state index contributed by atoms with van der Waals surface area (Å²) in [7, 11) is 0. The molecule has 2 aromatic heterocycles. The first-order chi connectivity index (χ1) is 6.25. The highest BCUT2D eigenvalue weighted by Gasteiger charge is 2.04. The maximum atomic E-state index is 4.94. The lowest BCUT2D eigenvalue weighted by atomic mass is 10.3. The Hall–Kier alpha value is -1.10. The molecule has 5 heteroatoms. The fourth-order valence-electron chi connectivity index (χ4n) is 1.07. The van der Waals surface area contributed by atoms with Crippen LogP contribution in [-0.2, 0) is 6.54 Å². The average Bonchev–Trinajstić information content (AvgIpc) is 2.64. The van der Waals surface area contributed by atoms with Gasteiger partial charge in [-0.05, 0) is 22.9 Å². The molecule has 0 spiro atoms. The van der Waals surface area contributed by atoms with Crippen molar-refractivity contribution >= 4 is 15.9 Å². The lowest BCUT2D eigenvalue weighted by Crippen LogP contribution is -1.99. The fraction of sp³-hybridized carbons (Fsp3) is 0.250. The van der Waals surface area contributed by atoms with Gasteiger partial charge >= 0.3 is 0 Å². The predicted octanol–water partition coefficient (Wildman–Crippen LogP) is 1.99. The third-order valence-electron chi connectivity index (χ3n) is 1.78. The molecule has 0 aliphatic heterocycles. The molecule has 0 saturated heterocycles. The van der Waals surface area contributed by atoms with E-state index in [0.717, 1.165) is 15.8 Å². The molecule has 0 amide bonds. The lowest BCUT2D eigenvalue weighted by Gasteiger charge is -1.97. The van der Waals surface area contributed by atoms with E-state index in [1.807, 2.05) is 17.8 Å². The Morgan fingerprint density at radius 2 is 2.38 bits per heavy atom. The zero-order chi connectivity index (χ0) is 9.26. The Balaban J connectivity index is 2.19. The van der Waals surface area contributed by atoms with Gasteiger partial charge in [0.1, 0.15) is 5.76 Å². The minimum Gasteiger partial charge on any atom is -0.361 e. The van der Waals surface area contributed by atoms with Crippen LogP contribution in [0.2, 0.25) is 0 Å². The van der Waals surface area contributed by atoms with Crippen LogP contribution in [0.5, 0.6) is 0 Å². The third kappa shape index (κ3) is 1.80. The number of aromatic nitrogens is 3. The Morgan fingerprint density at radius 1 is 1.54 bits per heavy atom. The molecule has 0 N–H and O–H groups in total. The summed E-state index contributed by atoms with van der Waals surface area (Å²) in [6.07, 6.45) is 5.38. The molecular formula is C8H8BrN3O. The SMILES string of the molecule is Cc1oncc1Cn1cc(Br)cn1. The van der Waals surface area contributed by atoms with Gasteiger partial charge in [0.05, 0.1) is 23.4 Å². The van der Waals surface area contributed by atoms with Gasteiger partial charge in [-0.2, -0.15) is 5.10 Å². The highest BCUT2D eigenvalue weighted by Crippen LogP contribution is 2.11. The molecule has 0 saturated carbocycles. The van der Waals surface area contributed by atoms with E-state index in [9.17, 15) is 0 Å². The first kappa shape index (κ1) is 8.50. The van der Waals surface area contributed by atoms with Gasteiger partial charge in [0.2, 0.25) is 0 Å². The van der Waals surface area contributed by atoms with Crippen LogP contribution < -0.4 is 0 Å². The first-order valence-electron chi connectivity index (χ1n) is 3.84. The molecule has 0 aliphatic carbocycles. The molecule has 68 valence electrons. The standard InChI is InChI=1S/C8H8BrN3O/c1-6-7(2-11-13-6)4-12-5-8(9)3-10-12/h2-3,5H,4H2,1H3. The molecule has 0 aliphatic rings. The molecule has 0 radical (unpaired) electrons. The van der Waals surface area contributed by atoms with Crippen LogP contribution in [0.4, 0.5) is 0 Å². The summed E-state index contributed by atoms with van der Waals surface area (Å²) in [5, 5.41) is 7.83. The van der Waals surface area contributed by atoms with Crippen molar-refractivity contribution in [3.05, 3.63) is 34.4 Å². The van der Waals surface area contributed by atoms with Gasteiger partial charge in [0.15, 0.2) is 0 Å². The van der Waals surface area contributed by atoms with Crippen LogP contribution >= 0.6 is 15.9 Å². The quantitative estimate of drug-likeness (QED) is 0.808. The Bertz CT molecular complexity index is 407. The van der Waals surface area contributed by atoms with Crippen molar-refractivity contribution < 1.29 is 4.52 Å². The van der Waals surface area contributed by atoms with Crippen LogP contribution in [0.15, 0.2) is 27.6 Å². The second-order valence-electron chi connectivity index (χ2n) is 2.76. The van der Waals surface area contributed by atoms with Crippen LogP contribution in [0.1, 0.15) is 11.3 Å². The van der Waals surface area contributed by atoms with E-state index < -0.39 is 0 Å². The topological polar surface area (TPSA) is 43.9 Å². The third-order valence-corrected chi connectivity index (χ3v) is 2.19. The van der Waals surface area contributed by atoms with E-state index >= 15 is 0 Å². The van der Waals surface area contributed by atoms with E-state index in [1.165, 1.54) is 0 Å². The Labute approximate surface area is 83.7 Å². The number of hydrogen-bond acceptors (Lipinski definition) is 3. The van der Waals surface area contributed by atoms with Crippen molar-refractivity contribution in [2.45, 2.75) is 13.5 Å². The second-order valence-corrected chi connectivity index (χ2v) is 3.68. The van der Waals surface area contributed by atoms with Crippen molar-refractivity contribution in [3.63, 3.8) is 0 Å². The zero-order valence-corrected chi connectivity index (χ0v) is 8.65. The first-order valence-corrected chi connectivity index (χ1v) is 4.63. The van der Waals surface area contributed by atoms with E-state index in [2.05, 4.69) is 26.2 Å². The summed E-state index contributed by atoms with van der Waals surface area (Å²) in [5.41, 5.74) is 1.05. The number of nitrogens with zero attached hydrogens (tertiary/aromatic N) is 3. The van der Waals surface area contributed by atoms with Crippen molar-refractivity contribution in [2.75, 3.05) is 0 Å². The average molecular weight is 242 g/mol. The van der Waals surface area contributed by atoms with Crippen LogP contribution in [0.3, 0.4) is 0 Å². The van der Waals surface area contributed by atoms with Crippen LogP contribution in [0.25, 0.3) is 0 Å². The zero-order valence-electron chi connectivity index (χ0n) is 7.07. The number of halogens is 1. The number of hydrogen-bond donors (Lipinski definition) is 0. The van der Waals surface area contributed by atoms with Crippen LogP contribution in [-0.4, -0.2) is 14.9 Å². The minimum atomic E-state index is 0.695. The summed E-state index contributed by atoms with van der Waals surface area (Å²) in [6.45, 7) is 2.59. The molecule has 2 heterocycles. The normalized spacial score (nSPS) is 10.6. The minimum absolute atomic E-state index is 0.695. The van der Waals surface area contributed by atoms with Gasteiger partial charge in [-0.1, -0.05) is 5.16 Å². The van der Waals surface area contributed by atoms with E-state index in [-0.39, 0.29) is 0 Å². The summed E-state index contributed by atoms with van der Waals surface area (Å²) < 4.78 is 7.74. The molecule has 4 nitrogen and oxygen atoms in total. The fourth-order valence-corrected chi connectivity index (χ4v) is 1.40. The van der Waals surface area contributed by atoms with Gasteiger partial charge in [0, 0.05) is 11.8 Å². The summed E-state index contributed by atoms with van der Waals surface area (Å²) in [5.74, 6) is 0.839. The molecule has 13 heavy (non-hydrogen) atoms. The molecule has 0 aromatic carbocycles. The molecule has 0 bridgehead atoms. The lowest BCUT2D eigenvalue weighted by molar-refractivity contribution is 0.395. The van der Waals surface area contributed by atoms with Crippen LogP contribution in [0, 0.1) is 6.92 Å². The van der Waals surface area contributed by atoms with Gasteiger partial charge in [-0.3, -0.25) is 4.68 Å². The van der Waals surface area contributed by atoms with Gasteiger partial charge in [0.25, 0.3) is 0 Å². The summed E-state index contributed by atoms with van der Waals surface area (Å²) in [4.78, 5) is 0. The Morgan fingerprint density at radius 3 is 2.92 bits per heavy atom. The van der Waals surface area contributed by atoms with Crippen molar-refractivity contribution in [2.24, 2.45) is 0 Å². The van der Waals surface area contributed by atoms with Crippen molar-refractivity contribution in [1.82, 2.24) is 14.9 Å². The number of rotatable bonds is 2. The maximum Gasteiger partial charge on any atom is 0.138 e. The van der Waals surface area contributed by atoms with Crippen molar-refractivity contribution in [3.8, 4) is 0 Å². The smallest absolute Gasteiger partial charge is 0.138 e. The highest BCUT2D eigenvalue weighted by molar-refractivity contribution is 9.10. The summed E-state index contributed by atoms with van der Waals surface area (Å²) in [6, 6.07) is 0. The van der Waals surface area contributed by atoms with E-state index in [4.69, 9.17) is 4.52 Å².